The van der Waals surface area contributed by atoms with E-state index < -0.39 is 16.4 Å². The number of nitrogens with one attached hydrogen (secondary N) is 1. The van der Waals surface area contributed by atoms with Crippen molar-refractivity contribution < 1.29 is 14.8 Å². The van der Waals surface area contributed by atoms with Crippen molar-refractivity contribution in [2.45, 2.75) is 44.6 Å². The number of halogens is 1. The largest absolute Gasteiger partial charge is 0.481 e. The lowest BCUT2D eigenvalue weighted by Crippen LogP contribution is -2.37. The summed E-state index contributed by atoms with van der Waals surface area (Å²) < 4.78 is 0.580. The molecule has 1 aromatic carbocycles. The van der Waals surface area contributed by atoms with Gasteiger partial charge in [-0.25, -0.2) is 0 Å². The molecule has 0 atom stereocenters. The lowest BCUT2D eigenvalue weighted by Gasteiger charge is -2.30. The Balaban J connectivity index is 2.31. The van der Waals surface area contributed by atoms with Crippen molar-refractivity contribution in [1.29, 1.82) is 0 Å². The van der Waals surface area contributed by atoms with Gasteiger partial charge in [0.25, 0.3) is 5.69 Å². The molecule has 7 heteroatoms. The summed E-state index contributed by atoms with van der Waals surface area (Å²) in [6, 6.07) is 3.16. The van der Waals surface area contributed by atoms with Crippen molar-refractivity contribution in [3.63, 3.8) is 0 Å². The highest BCUT2D eigenvalue weighted by atomic mass is 79.9. The van der Waals surface area contributed by atoms with Crippen LogP contribution in [0, 0.1) is 17.0 Å². The fourth-order valence-corrected chi connectivity index (χ4v) is 3.37. The van der Waals surface area contributed by atoms with E-state index in [0.29, 0.717) is 15.7 Å². The summed E-state index contributed by atoms with van der Waals surface area (Å²) in [6.45, 7) is 1.67. The second-order valence-electron chi connectivity index (χ2n) is 5.56. The summed E-state index contributed by atoms with van der Waals surface area (Å²) in [5.74, 6) is -0.834. The molecule has 1 aromatic rings. The maximum absolute atomic E-state index is 11.1. The van der Waals surface area contributed by atoms with Crippen molar-refractivity contribution in [2.75, 3.05) is 5.32 Å². The quantitative estimate of drug-likeness (QED) is 0.617. The first-order chi connectivity index (χ1) is 9.83. The lowest BCUT2D eigenvalue weighted by atomic mass is 9.92. The van der Waals surface area contributed by atoms with Gasteiger partial charge >= 0.3 is 5.97 Å². The van der Waals surface area contributed by atoms with Gasteiger partial charge in [-0.1, -0.05) is 12.8 Å². The lowest BCUT2D eigenvalue weighted by molar-refractivity contribution is -0.385. The van der Waals surface area contributed by atoms with Crippen LogP contribution in [0.2, 0.25) is 0 Å². The van der Waals surface area contributed by atoms with Crippen LogP contribution in [0.15, 0.2) is 16.6 Å². The third kappa shape index (κ3) is 3.53. The molecule has 2 N–H and O–H groups in total. The molecule has 1 aliphatic carbocycles. The number of hydrogen-bond donors (Lipinski definition) is 2. The highest BCUT2D eigenvalue weighted by Crippen LogP contribution is 2.39. The van der Waals surface area contributed by atoms with Gasteiger partial charge in [0.15, 0.2) is 0 Å². The Bertz CT molecular complexity index is 583. The second kappa shape index (κ2) is 6.01. The van der Waals surface area contributed by atoms with E-state index in [0.717, 1.165) is 25.7 Å². The summed E-state index contributed by atoms with van der Waals surface area (Å²) in [7, 11) is 0. The fourth-order valence-electron chi connectivity index (χ4n) is 2.94. The standard InChI is InChI=1S/C14H17BrN2O4/c1-9-6-11(10(15)7-12(9)17(20)21)16-14(8-13(18)19)4-2-3-5-14/h6-7,16H,2-5,8H2,1H3,(H,18,19). The van der Waals surface area contributed by atoms with E-state index in [9.17, 15) is 14.9 Å². The van der Waals surface area contributed by atoms with Gasteiger partial charge in [0.05, 0.1) is 11.3 Å². The minimum atomic E-state index is -0.834. The Kier molecular flexibility index (Phi) is 4.51. The molecular formula is C14H17BrN2O4. The Labute approximate surface area is 130 Å². The Morgan fingerprint density at radius 3 is 2.62 bits per heavy atom. The first kappa shape index (κ1) is 15.8. The summed E-state index contributed by atoms with van der Waals surface area (Å²) in [4.78, 5) is 21.6. The van der Waals surface area contributed by atoms with E-state index in [-0.39, 0.29) is 12.1 Å². The highest BCUT2D eigenvalue weighted by Gasteiger charge is 2.36. The third-order valence-electron chi connectivity index (χ3n) is 3.93. The number of rotatable bonds is 5. The summed E-state index contributed by atoms with van der Waals surface area (Å²) >= 11 is 3.33. The first-order valence-electron chi connectivity index (χ1n) is 6.77. The van der Waals surface area contributed by atoms with Crippen molar-refractivity contribution in [2.24, 2.45) is 0 Å². The smallest absolute Gasteiger partial charge is 0.305 e. The van der Waals surface area contributed by atoms with Crippen LogP contribution in [0.3, 0.4) is 0 Å². The van der Waals surface area contributed by atoms with E-state index in [4.69, 9.17) is 5.11 Å². The number of benzene rings is 1. The van der Waals surface area contributed by atoms with Crippen LogP contribution >= 0.6 is 15.9 Å². The van der Waals surface area contributed by atoms with E-state index in [1.807, 2.05) is 0 Å². The van der Waals surface area contributed by atoms with Gasteiger partial charge in [-0.15, -0.1) is 0 Å². The maximum Gasteiger partial charge on any atom is 0.305 e. The van der Waals surface area contributed by atoms with E-state index in [1.54, 1.807) is 13.0 Å². The normalized spacial score (nSPS) is 16.7. The fraction of sp³-hybridized carbons (Fsp3) is 0.500. The number of aliphatic carboxylic acids is 1. The van der Waals surface area contributed by atoms with E-state index in [2.05, 4.69) is 21.2 Å². The Hall–Kier alpha value is -1.63. The summed E-state index contributed by atoms with van der Waals surface area (Å²) in [5, 5.41) is 23.4. The molecule has 0 aliphatic heterocycles. The minimum absolute atomic E-state index is 0.0473. The van der Waals surface area contributed by atoms with Crippen LogP contribution in [0.25, 0.3) is 0 Å². The molecule has 1 saturated carbocycles. The van der Waals surface area contributed by atoms with Gasteiger partial charge in [0, 0.05) is 27.3 Å². The van der Waals surface area contributed by atoms with Crippen molar-refractivity contribution >= 4 is 33.3 Å². The number of hydrogen-bond acceptors (Lipinski definition) is 4. The maximum atomic E-state index is 11.1. The molecule has 1 aliphatic rings. The number of carbonyl (C=O) groups is 1. The van der Waals surface area contributed by atoms with Gasteiger partial charge in [0.2, 0.25) is 0 Å². The van der Waals surface area contributed by atoms with Gasteiger partial charge in [0.1, 0.15) is 0 Å². The number of anilines is 1. The van der Waals surface area contributed by atoms with Crippen LogP contribution < -0.4 is 5.32 Å². The van der Waals surface area contributed by atoms with Gasteiger partial charge < -0.3 is 10.4 Å². The number of carboxylic acid groups (broad SMARTS) is 1. The summed E-state index contributed by atoms with van der Waals surface area (Å²) in [5.41, 5.74) is 0.846. The van der Waals surface area contributed by atoms with Crippen molar-refractivity contribution in [1.82, 2.24) is 0 Å². The molecule has 0 bridgehead atoms. The van der Waals surface area contributed by atoms with E-state index >= 15 is 0 Å². The number of aryl methyl sites for hydroxylation is 1. The summed E-state index contributed by atoms with van der Waals surface area (Å²) in [6.07, 6.45) is 3.62. The Morgan fingerprint density at radius 1 is 1.48 bits per heavy atom. The molecule has 0 heterocycles. The van der Waals surface area contributed by atoms with Crippen molar-refractivity contribution in [3.05, 3.63) is 32.3 Å². The van der Waals surface area contributed by atoms with Crippen LogP contribution in [0.5, 0.6) is 0 Å². The average molecular weight is 357 g/mol. The SMILES string of the molecule is Cc1cc(NC2(CC(=O)O)CCCC2)c(Br)cc1[N+](=O)[O-]. The highest BCUT2D eigenvalue weighted by molar-refractivity contribution is 9.10. The van der Waals surface area contributed by atoms with Gasteiger partial charge in [-0.2, -0.15) is 0 Å². The predicted molar refractivity (Wildman–Crippen MR) is 82.6 cm³/mol. The minimum Gasteiger partial charge on any atom is -0.481 e. The second-order valence-corrected chi connectivity index (χ2v) is 6.41. The van der Waals surface area contributed by atoms with Crippen LogP contribution in [0.1, 0.15) is 37.7 Å². The average Bonchev–Trinajstić information content (AvgIpc) is 2.80. The number of carboxylic acids is 1. The number of nitrogens with zero attached hydrogens (tertiary/aromatic N) is 1. The third-order valence-corrected chi connectivity index (χ3v) is 4.59. The molecule has 1 fully saturated rings. The van der Waals surface area contributed by atoms with E-state index in [1.165, 1.54) is 6.07 Å². The monoisotopic (exact) mass is 356 g/mol. The topological polar surface area (TPSA) is 92.5 Å². The van der Waals surface area contributed by atoms with Crippen LogP contribution in [-0.4, -0.2) is 21.5 Å². The zero-order valence-corrected chi connectivity index (χ0v) is 13.3. The zero-order valence-electron chi connectivity index (χ0n) is 11.7. The number of nitro benzene ring substituents is 1. The van der Waals surface area contributed by atoms with Crippen LogP contribution in [0.4, 0.5) is 11.4 Å². The molecule has 0 radical (unpaired) electrons. The van der Waals surface area contributed by atoms with Crippen LogP contribution in [-0.2, 0) is 4.79 Å². The molecule has 0 spiro atoms. The molecule has 114 valence electrons. The molecule has 0 aromatic heterocycles. The molecule has 0 unspecified atom stereocenters. The predicted octanol–water partition coefficient (Wildman–Crippen LogP) is 3.87. The molecule has 6 nitrogen and oxygen atoms in total. The molecule has 0 amide bonds. The molecule has 2 rings (SSSR count). The van der Waals surface area contributed by atoms with Gasteiger partial charge in [-0.3, -0.25) is 14.9 Å². The van der Waals surface area contributed by atoms with Gasteiger partial charge in [-0.05, 0) is 41.8 Å². The molecule has 0 saturated heterocycles. The Morgan fingerprint density at radius 2 is 2.10 bits per heavy atom. The first-order valence-corrected chi connectivity index (χ1v) is 7.57. The molecular weight excluding hydrogens is 340 g/mol. The number of nitro groups is 1. The van der Waals surface area contributed by atoms with Crippen molar-refractivity contribution in [3.8, 4) is 0 Å². The zero-order chi connectivity index (χ0) is 15.6. The molecule has 21 heavy (non-hydrogen) atoms.